The van der Waals surface area contributed by atoms with E-state index in [-0.39, 0.29) is 23.9 Å². The van der Waals surface area contributed by atoms with Crippen molar-refractivity contribution in [1.29, 1.82) is 0 Å². The summed E-state index contributed by atoms with van der Waals surface area (Å²) in [6, 6.07) is 9.36. The number of likely N-dealkylation sites (tertiary alicyclic amines) is 2. The Morgan fingerprint density at radius 3 is 2.46 bits per heavy atom. The van der Waals surface area contributed by atoms with E-state index in [1.54, 1.807) is 4.90 Å². The second kappa shape index (κ2) is 7.66. The zero-order valence-corrected chi connectivity index (χ0v) is 14.0. The summed E-state index contributed by atoms with van der Waals surface area (Å²) in [5.74, 6) is 0.0490. The summed E-state index contributed by atoms with van der Waals surface area (Å²) >= 11 is 0. The topological polar surface area (TPSA) is 78.7 Å². The van der Waals surface area contributed by atoms with E-state index >= 15 is 0 Å². The molecule has 2 saturated heterocycles. The molecule has 2 unspecified atom stereocenters. The number of carbonyl (C=O) groups is 2. The summed E-state index contributed by atoms with van der Waals surface area (Å²) in [5.41, 5.74) is 6.76. The normalized spacial score (nSPS) is 24.5. The van der Waals surface area contributed by atoms with E-state index in [9.17, 15) is 9.59 Å². The van der Waals surface area contributed by atoms with Gasteiger partial charge in [0.25, 0.3) is 0 Å². The van der Waals surface area contributed by atoms with Gasteiger partial charge in [0, 0.05) is 37.9 Å². The van der Waals surface area contributed by atoms with Crippen molar-refractivity contribution in [3.05, 3.63) is 30.3 Å². The van der Waals surface area contributed by atoms with E-state index < -0.39 is 0 Å². The molecule has 24 heavy (non-hydrogen) atoms. The predicted molar refractivity (Wildman–Crippen MR) is 93.5 cm³/mol. The molecular weight excluding hydrogens is 304 g/mol. The van der Waals surface area contributed by atoms with Crippen LogP contribution in [0, 0.1) is 5.92 Å². The molecule has 130 valence electrons. The van der Waals surface area contributed by atoms with Gasteiger partial charge in [0.2, 0.25) is 5.91 Å². The number of carbonyl (C=O) groups excluding carboxylic acids is 2. The highest BCUT2D eigenvalue weighted by Crippen LogP contribution is 2.21. The fraction of sp³-hybridized carbons (Fsp3) is 0.556. The van der Waals surface area contributed by atoms with Crippen molar-refractivity contribution in [3.63, 3.8) is 0 Å². The number of urea groups is 1. The average molecular weight is 330 g/mol. The van der Waals surface area contributed by atoms with Gasteiger partial charge in [-0.15, -0.1) is 0 Å². The molecule has 3 rings (SSSR count). The molecule has 2 fully saturated rings. The highest BCUT2D eigenvalue weighted by Gasteiger charge is 2.32. The molecule has 2 heterocycles. The number of nitrogens with two attached hydrogens (primary N) is 1. The summed E-state index contributed by atoms with van der Waals surface area (Å²) in [7, 11) is 0. The molecule has 6 heteroatoms. The smallest absolute Gasteiger partial charge is 0.321 e. The maximum absolute atomic E-state index is 12.7. The predicted octanol–water partition coefficient (Wildman–Crippen LogP) is 1.88. The Labute approximate surface area is 143 Å². The number of rotatable bonds is 2. The molecule has 0 aromatic heterocycles. The minimum absolute atomic E-state index is 0.0868. The van der Waals surface area contributed by atoms with Gasteiger partial charge in [-0.05, 0) is 37.8 Å². The van der Waals surface area contributed by atoms with E-state index in [0.29, 0.717) is 19.6 Å². The van der Waals surface area contributed by atoms with Gasteiger partial charge in [0.15, 0.2) is 0 Å². The molecule has 0 aliphatic carbocycles. The van der Waals surface area contributed by atoms with E-state index in [1.165, 1.54) is 0 Å². The summed E-state index contributed by atoms with van der Waals surface area (Å²) in [4.78, 5) is 28.8. The van der Waals surface area contributed by atoms with Crippen LogP contribution in [0.4, 0.5) is 10.5 Å². The number of nitrogens with zero attached hydrogens (tertiary/aromatic N) is 2. The van der Waals surface area contributed by atoms with Crippen molar-refractivity contribution in [2.24, 2.45) is 11.7 Å². The summed E-state index contributed by atoms with van der Waals surface area (Å²) in [6.45, 7) is 2.62. The summed E-state index contributed by atoms with van der Waals surface area (Å²) in [6.07, 6.45) is 3.66. The number of nitrogens with one attached hydrogen (secondary N) is 1. The fourth-order valence-electron chi connectivity index (χ4n) is 3.56. The van der Waals surface area contributed by atoms with Gasteiger partial charge in [0.1, 0.15) is 0 Å². The highest BCUT2D eigenvalue weighted by molar-refractivity contribution is 5.90. The minimum Gasteiger partial charge on any atom is -0.341 e. The zero-order chi connectivity index (χ0) is 16.9. The first-order chi connectivity index (χ1) is 11.6. The Bertz CT molecular complexity index is 578. The van der Waals surface area contributed by atoms with Crippen LogP contribution in [-0.2, 0) is 4.79 Å². The minimum atomic E-state index is -0.131. The van der Waals surface area contributed by atoms with Gasteiger partial charge in [-0.3, -0.25) is 4.79 Å². The molecule has 2 aliphatic rings. The number of hydrogen-bond donors (Lipinski definition) is 2. The van der Waals surface area contributed by atoms with Crippen LogP contribution in [0.5, 0.6) is 0 Å². The number of amides is 3. The first-order valence-corrected chi connectivity index (χ1v) is 8.79. The largest absolute Gasteiger partial charge is 0.341 e. The van der Waals surface area contributed by atoms with Crippen LogP contribution in [-0.4, -0.2) is 54.0 Å². The van der Waals surface area contributed by atoms with Gasteiger partial charge in [-0.25, -0.2) is 4.79 Å². The third-order valence-corrected chi connectivity index (χ3v) is 4.85. The number of hydrogen-bond acceptors (Lipinski definition) is 3. The number of benzene rings is 1. The summed E-state index contributed by atoms with van der Waals surface area (Å²) < 4.78 is 0. The average Bonchev–Trinajstić information content (AvgIpc) is 2.62. The van der Waals surface area contributed by atoms with Crippen LogP contribution >= 0.6 is 0 Å². The maximum atomic E-state index is 12.7. The Kier molecular flexibility index (Phi) is 5.35. The Balaban J connectivity index is 1.57. The quantitative estimate of drug-likeness (QED) is 0.869. The van der Waals surface area contributed by atoms with Gasteiger partial charge >= 0.3 is 6.03 Å². The lowest BCUT2D eigenvalue weighted by atomic mass is 9.95. The number of piperidine rings is 2. The van der Waals surface area contributed by atoms with Crippen LogP contribution < -0.4 is 11.1 Å². The van der Waals surface area contributed by atoms with Crippen LogP contribution in [0.2, 0.25) is 0 Å². The lowest BCUT2D eigenvalue weighted by Crippen LogP contribution is -2.52. The van der Waals surface area contributed by atoms with Gasteiger partial charge in [0.05, 0.1) is 5.92 Å². The van der Waals surface area contributed by atoms with Gasteiger partial charge in [-0.2, -0.15) is 0 Å². The molecule has 6 nitrogen and oxygen atoms in total. The molecule has 1 aromatic rings. The third kappa shape index (κ3) is 4.06. The van der Waals surface area contributed by atoms with Gasteiger partial charge < -0.3 is 20.9 Å². The molecule has 2 atom stereocenters. The molecule has 0 radical (unpaired) electrons. The molecule has 3 N–H and O–H groups in total. The molecule has 0 saturated carbocycles. The van der Waals surface area contributed by atoms with Crippen molar-refractivity contribution < 1.29 is 9.59 Å². The Morgan fingerprint density at radius 1 is 1.00 bits per heavy atom. The molecule has 0 spiro atoms. The second-order valence-corrected chi connectivity index (χ2v) is 6.77. The second-order valence-electron chi connectivity index (χ2n) is 6.77. The van der Waals surface area contributed by atoms with Crippen LogP contribution in [0.15, 0.2) is 30.3 Å². The first-order valence-electron chi connectivity index (χ1n) is 8.79. The Hall–Kier alpha value is -2.08. The Morgan fingerprint density at radius 2 is 1.71 bits per heavy atom. The van der Waals surface area contributed by atoms with Crippen molar-refractivity contribution >= 4 is 17.6 Å². The molecular formula is C18H26N4O2. The monoisotopic (exact) mass is 330 g/mol. The molecule has 2 aliphatic heterocycles. The summed E-state index contributed by atoms with van der Waals surface area (Å²) in [5, 5.41) is 2.90. The van der Waals surface area contributed by atoms with Crippen LogP contribution in [0.3, 0.4) is 0 Å². The van der Waals surface area contributed by atoms with Crippen molar-refractivity contribution in [3.8, 4) is 0 Å². The molecule has 3 amide bonds. The van der Waals surface area contributed by atoms with E-state index in [0.717, 1.165) is 37.9 Å². The van der Waals surface area contributed by atoms with E-state index in [2.05, 4.69) is 5.32 Å². The molecule has 0 bridgehead atoms. The lowest BCUT2D eigenvalue weighted by Gasteiger charge is -2.37. The van der Waals surface area contributed by atoms with Crippen LogP contribution in [0.1, 0.15) is 25.7 Å². The molecule has 1 aromatic carbocycles. The first kappa shape index (κ1) is 16.8. The third-order valence-electron chi connectivity index (χ3n) is 4.85. The highest BCUT2D eigenvalue weighted by atomic mass is 16.2. The SMILES string of the molecule is NC1CCCN(C(=O)C2CCCN(C(=O)Nc3ccccc3)C2)C1. The van der Waals surface area contributed by atoms with Crippen molar-refractivity contribution in [2.45, 2.75) is 31.7 Å². The van der Waals surface area contributed by atoms with Crippen molar-refractivity contribution in [2.75, 3.05) is 31.5 Å². The lowest BCUT2D eigenvalue weighted by molar-refractivity contribution is -0.138. The van der Waals surface area contributed by atoms with E-state index in [4.69, 9.17) is 5.73 Å². The maximum Gasteiger partial charge on any atom is 0.321 e. The fourth-order valence-corrected chi connectivity index (χ4v) is 3.56. The van der Waals surface area contributed by atoms with E-state index in [1.807, 2.05) is 35.2 Å². The van der Waals surface area contributed by atoms with Crippen LogP contribution in [0.25, 0.3) is 0 Å². The number of anilines is 1. The van der Waals surface area contributed by atoms with Crippen molar-refractivity contribution in [1.82, 2.24) is 9.80 Å². The number of para-hydroxylation sites is 1. The van der Waals surface area contributed by atoms with Gasteiger partial charge in [-0.1, -0.05) is 18.2 Å². The standard InChI is InChI=1S/C18H26N4O2/c19-15-7-5-10-21(13-15)17(23)14-6-4-11-22(12-14)18(24)20-16-8-2-1-3-9-16/h1-3,8-9,14-15H,4-7,10-13,19H2,(H,20,24). The zero-order valence-electron chi connectivity index (χ0n) is 14.0.